The average Bonchev–Trinajstić information content (AvgIpc) is 3.14. The van der Waals surface area contributed by atoms with E-state index < -0.39 is 50.7 Å². The molecular weight excluding hydrogens is 475 g/mol. The molecule has 1 fully saturated rings. The minimum atomic E-state index is -1.66. The second kappa shape index (κ2) is 14.2. The van der Waals surface area contributed by atoms with Crippen molar-refractivity contribution in [3.05, 3.63) is 44.0 Å². The van der Waals surface area contributed by atoms with Crippen molar-refractivity contribution >= 4 is 8.53 Å². The first-order valence-electron chi connectivity index (χ1n) is 12.3. The SMILES string of the molecule is [2H][C@@H](C)[C@H]1O[C@@H](n2cc(C)c(=O)[nH]c2=O)[C@H](OCCOC)[C@@H]1OP(OCC[N+]#[C-])N(C(C)C)C(C)C. The third-order valence-electron chi connectivity index (χ3n) is 5.43. The summed E-state index contributed by atoms with van der Waals surface area (Å²) >= 11 is 0. The Labute approximate surface area is 209 Å². The summed E-state index contributed by atoms with van der Waals surface area (Å²) in [6, 6.07) is 0.151. The zero-order valence-electron chi connectivity index (χ0n) is 22.6. The number of aromatic amines is 1. The Hall–Kier alpha value is -1.64. The van der Waals surface area contributed by atoms with E-state index in [9.17, 15) is 9.59 Å². The van der Waals surface area contributed by atoms with Crippen LogP contribution in [0.25, 0.3) is 4.85 Å². The molecule has 0 radical (unpaired) electrons. The number of rotatable bonds is 14. The van der Waals surface area contributed by atoms with Crippen LogP contribution < -0.4 is 11.2 Å². The van der Waals surface area contributed by atoms with E-state index in [-0.39, 0.29) is 31.8 Å². The van der Waals surface area contributed by atoms with Gasteiger partial charge in [-0.25, -0.2) is 16.0 Å². The summed E-state index contributed by atoms with van der Waals surface area (Å²) in [7, 11) is -0.105. The van der Waals surface area contributed by atoms with E-state index in [1.54, 1.807) is 21.0 Å². The zero-order valence-corrected chi connectivity index (χ0v) is 22.5. The lowest BCUT2D eigenvalue weighted by molar-refractivity contribution is -0.0786. The molecule has 0 spiro atoms. The minimum absolute atomic E-state index is 0.0753. The lowest BCUT2D eigenvalue weighted by atomic mass is 10.1. The predicted molar refractivity (Wildman–Crippen MR) is 133 cm³/mol. The number of nitrogens with zero attached hydrogens (tertiary/aromatic N) is 3. The van der Waals surface area contributed by atoms with Crippen molar-refractivity contribution in [2.24, 2.45) is 0 Å². The van der Waals surface area contributed by atoms with Crippen LogP contribution in [0, 0.1) is 13.5 Å². The highest BCUT2D eigenvalue weighted by Gasteiger charge is 2.49. The second-order valence-electron chi connectivity index (χ2n) is 8.72. The Kier molecular flexibility index (Phi) is 11.3. The van der Waals surface area contributed by atoms with Gasteiger partial charge in [-0.15, -0.1) is 0 Å². The van der Waals surface area contributed by atoms with Gasteiger partial charge < -0.3 is 28.1 Å². The first kappa shape index (κ1) is 27.9. The van der Waals surface area contributed by atoms with Gasteiger partial charge in [0.25, 0.3) is 14.1 Å². The molecule has 0 bridgehead atoms. The second-order valence-corrected chi connectivity index (χ2v) is 10.1. The Morgan fingerprint density at radius 2 is 1.94 bits per heavy atom. The van der Waals surface area contributed by atoms with Gasteiger partial charge in [-0.2, -0.15) is 0 Å². The lowest BCUT2D eigenvalue weighted by Crippen LogP contribution is -2.42. The number of aromatic nitrogens is 2. The molecule has 1 unspecified atom stereocenters. The number of nitrogens with one attached hydrogen (secondary N) is 1. The molecule has 1 aromatic heterocycles. The molecule has 2 heterocycles. The van der Waals surface area contributed by atoms with Crippen molar-refractivity contribution in [1.82, 2.24) is 14.2 Å². The molecule has 1 aliphatic heterocycles. The molecule has 0 saturated carbocycles. The van der Waals surface area contributed by atoms with Crippen LogP contribution in [0.2, 0.25) is 0 Å². The van der Waals surface area contributed by atoms with Crippen LogP contribution in [0.3, 0.4) is 0 Å². The highest BCUT2D eigenvalue weighted by Crippen LogP contribution is 2.50. The number of methoxy groups -OCH3 is 1. The van der Waals surface area contributed by atoms with E-state index in [4.69, 9.17) is 31.2 Å². The van der Waals surface area contributed by atoms with E-state index in [1.165, 1.54) is 10.8 Å². The number of hydrogen-bond donors (Lipinski definition) is 1. The van der Waals surface area contributed by atoms with Gasteiger partial charge >= 0.3 is 5.69 Å². The van der Waals surface area contributed by atoms with Crippen LogP contribution in [0.4, 0.5) is 0 Å². The maximum absolute atomic E-state index is 12.7. The molecule has 1 aliphatic rings. The standard InChI is InChI=1S/C23H39N4O7P/c1-9-18-19(34-35(32-11-10-24-7)27(15(2)3)16(4)5)20(31-13-12-30-8)22(33-18)26-14-17(6)21(28)25-23(26)29/h14-16,18-20,22H,9-13H2,1-6,8H3,(H,25,28,29)/t18-,19-,20-,22-,35?/m1/s1/i9D/t9-,18+,19+,20+,22+,35?/m0. The molecule has 1 aromatic rings. The van der Waals surface area contributed by atoms with Gasteiger partial charge in [0.15, 0.2) is 6.23 Å². The number of hydrogen-bond acceptors (Lipinski definition) is 8. The van der Waals surface area contributed by atoms with E-state index in [2.05, 4.69) is 14.5 Å². The summed E-state index contributed by atoms with van der Waals surface area (Å²) < 4.78 is 42.0. The maximum atomic E-state index is 12.7. The summed E-state index contributed by atoms with van der Waals surface area (Å²) in [6.07, 6.45) is -2.55. The Morgan fingerprint density at radius 1 is 1.26 bits per heavy atom. The zero-order chi connectivity index (χ0) is 27.0. The molecule has 198 valence electrons. The fourth-order valence-corrected chi connectivity index (χ4v) is 5.63. The highest BCUT2D eigenvalue weighted by atomic mass is 31.2. The molecule has 0 aromatic carbocycles. The summed E-state index contributed by atoms with van der Waals surface area (Å²) in [6.45, 7) is 19.4. The molecule has 35 heavy (non-hydrogen) atoms. The van der Waals surface area contributed by atoms with Crippen molar-refractivity contribution in [2.75, 3.05) is 33.5 Å². The fourth-order valence-electron chi connectivity index (χ4n) is 3.89. The molecule has 0 aliphatic carbocycles. The quantitative estimate of drug-likeness (QED) is 0.229. The van der Waals surface area contributed by atoms with E-state index in [0.717, 1.165) is 0 Å². The normalized spacial score (nSPS) is 24.7. The van der Waals surface area contributed by atoms with Crippen LogP contribution in [0.1, 0.15) is 54.2 Å². The molecular formula is C23H39N4O7P. The summed E-state index contributed by atoms with van der Waals surface area (Å²) in [5.74, 6) is 0. The van der Waals surface area contributed by atoms with Gasteiger partial charge in [0, 0.05) is 32.3 Å². The summed E-state index contributed by atoms with van der Waals surface area (Å²) in [5, 5.41) is 0. The third kappa shape index (κ3) is 7.67. The number of aryl methyl sites for hydroxylation is 1. The van der Waals surface area contributed by atoms with Crippen molar-refractivity contribution < 1.29 is 24.6 Å². The predicted octanol–water partition coefficient (Wildman–Crippen LogP) is 2.85. The molecule has 12 heteroatoms. The molecule has 1 saturated heterocycles. The summed E-state index contributed by atoms with van der Waals surface area (Å²) in [5.41, 5.74) is -0.788. The van der Waals surface area contributed by atoms with E-state index in [0.29, 0.717) is 12.2 Å². The first-order valence-corrected chi connectivity index (χ1v) is 12.9. The number of H-pyrrole nitrogens is 1. The largest absolute Gasteiger partial charge is 0.382 e. The molecule has 6 atom stereocenters. The van der Waals surface area contributed by atoms with Crippen molar-refractivity contribution in [3.8, 4) is 0 Å². The van der Waals surface area contributed by atoms with Crippen molar-refractivity contribution in [1.29, 1.82) is 0 Å². The Morgan fingerprint density at radius 3 is 2.51 bits per heavy atom. The van der Waals surface area contributed by atoms with Crippen LogP contribution in [0.5, 0.6) is 0 Å². The Bertz CT molecular complexity index is 972. The van der Waals surface area contributed by atoms with Crippen LogP contribution in [-0.2, 0) is 23.3 Å². The van der Waals surface area contributed by atoms with Crippen LogP contribution >= 0.6 is 8.53 Å². The van der Waals surface area contributed by atoms with Gasteiger partial charge in [-0.05, 0) is 41.0 Å². The number of ether oxygens (including phenoxy) is 3. The Balaban J connectivity index is 2.51. The van der Waals surface area contributed by atoms with Gasteiger partial charge in [-0.3, -0.25) is 14.3 Å². The van der Waals surface area contributed by atoms with E-state index in [1.807, 2.05) is 27.7 Å². The van der Waals surface area contributed by atoms with Crippen LogP contribution in [0.15, 0.2) is 15.8 Å². The summed E-state index contributed by atoms with van der Waals surface area (Å²) in [4.78, 5) is 30.4. The smallest absolute Gasteiger partial charge is 0.330 e. The molecule has 11 nitrogen and oxygen atoms in total. The first-order chi connectivity index (χ1) is 17.0. The fraction of sp³-hybridized carbons (Fsp3) is 0.783. The highest BCUT2D eigenvalue weighted by molar-refractivity contribution is 7.44. The van der Waals surface area contributed by atoms with Gasteiger partial charge in [0.2, 0.25) is 6.54 Å². The van der Waals surface area contributed by atoms with Gasteiger partial charge in [0.1, 0.15) is 18.8 Å². The van der Waals surface area contributed by atoms with E-state index >= 15 is 0 Å². The van der Waals surface area contributed by atoms with Gasteiger partial charge in [-0.1, -0.05) is 6.92 Å². The molecule has 0 amide bonds. The monoisotopic (exact) mass is 515 g/mol. The maximum Gasteiger partial charge on any atom is 0.330 e. The topological polar surface area (TPSA) is 109 Å². The molecule has 1 N–H and O–H groups in total. The third-order valence-corrected chi connectivity index (χ3v) is 7.56. The van der Waals surface area contributed by atoms with Crippen molar-refractivity contribution in [2.45, 2.75) is 84.6 Å². The van der Waals surface area contributed by atoms with Gasteiger partial charge in [0.05, 0.1) is 19.3 Å². The molecule has 2 rings (SSSR count). The average molecular weight is 516 g/mol. The minimum Gasteiger partial charge on any atom is -0.382 e. The van der Waals surface area contributed by atoms with Crippen LogP contribution in [-0.4, -0.2) is 78.1 Å². The van der Waals surface area contributed by atoms with Crippen molar-refractivity contribution in [3.63, 3.8) is 0 Å². The lowest BCUT2D eigenvalue weighted by Gasteiger charge is -2.38.